The molecule has 2 N–H and O–H groups in total. The summed E-state index contributed by atoms with van der Waals surface area (Å²) >= 11 is 0. The Morgan fingerprint density at radius 1 is 0.667 bits per heavy atom. The molecule has 0 radical (unpaired) electrons. The zero-order valence-electron chi connectivity index (χ0n) is 15.0. The number of alkyl halides is 9. The highest BCUT2D eigenvalue weighted by atomic mass is 19.4. The van der Waals surface area contributed by atoms with Gasteiger partial charge in [-0.05, 0) is 54.4 Å². The van der Waals surface area contributed by atoms with Crippen molar-refractivity contribution < 1.29 is 49.7 Å². The van der Waals surface area contributed by atoms with Gasteiger partial charge in [-0.1, -0.05) is 0 Å². The highest BCUT2D eigenvalue weighted by Crippen LogP contribution is 2.37. The highest BCUT2D eigenvalue weighted by molar-refractivity contribution is 5.62. The van der Waals surface area contributed by atoms with E-state index in [1.54, 1.807) is 0 Å². The number of rotatable bonds is 3. The summed E-state index contributed by atoms with van der Waals surface area (Å²) in [5.74, 6) is -2.20. The number of hydrogen-bond donors (Lipinski definition) is 2. The summed E-state index contributed by atoms with van der Waals surface area (Å²) < 4.78 is 116. The van der Waals surface area contributed by atoms with E-state index in [2.05, 4.69) is 0 Å². The van der Waals surface area contributed by atoms with E-state index in [0.717, 1.165) is 12.1 Å². The predicted octanol–water partition coefficient (Wildman–Crippen LogP) is 7.08. The number of halogens is 9. The maximum Gasteiger partial charge on any atom is 0.416 e. The molecule has 2 nitrogen and oxygen atoms in total. The molecular weight excluding hydrogens is 431 g/mol. The van der Waals surface area contributed by atoms with Gasteiger partial charge in [-0.3, -0.25) is 0 Å². The second-order valence-electron chi connectivity index (χ2n) is 6.47. The smallest absolute Gasteiger partial charge is 0.416 e. The van der Waals surface area contributed by atoms with Gasteiger partial charge in [0, 0.05) is 12.0 Å². The highest BCUT2D eigenvalue weighted by Gasteiger charge is 2.37. The first-order valence-corrected chi connectivity index (χ1v) is 8.07. The SMILES string of the molecule is Cc1cc(/C(O)=C(\O)Cc2cc(C(F)(F)F)cc(C(F)(F)F)c2)cc(C(F)(F)F)c1. The first-order chi connectivity index (χ1) is 13.5. The average molecular weight is 444 g/mol. The van der Waals surface area contributed by atoms with Crippen LogP contribution in [-0.4, -0.2) is 10.2 Å². The van der Waals surface area contributed by atoms with E-state index in [9.17, 15) is 49.7 Å². The Labute approximate surface area is 163 Å². The maximum atomic E-state index is 12.9. The first-order valence-electron chi connectivity index (χ1n) is 8.07. The Balaban J connectivity index is 2.52. The summed E-state index contributed by atoms with van der Waals surface area (Å²) in [4.78, 5) is 0. The Bertz CT molecular complexity index is 935. The molecule has 2 aromatic rings. The molecule has 164 valence electrons. The standard InChI is InChI=1S/C19H13F9O2/c1-9-2-11(7-12(3-9)17(20,21)22)16(30)15(29)6-10-4-13(18(23,24)25)8-14(5-10)19(26,27)28/h2-5,7-8,29-30H,6H2,1H3/b16-15+. The van der Waals surface area contributed by atoms with Crippen molar-refractivity contribution in [2.45, 2.75) is 31.9 Å². The fraction of sp³-hybridized carbons (Fsp3) is 0.263. The molecule has 0 saturated heterocycles. The number of hydrogen-bond acceptors (Lipinski definition) is 2. The van der Waals surface area contributed by atoms with Gasteiger partial charge in [0.1, 0.15) is 5.76 Å². The number of allylic oxidation sites excluding steroid dienone is 1. The van der Waals surface area contributed by atoms with Crippen LogP contribution in [0.3, 0.4) is 0 Å². The maximum absolute atomic E-state index is 12.9. The minimum absolute atomic E-state index is 0.0533. The molecule has 0 aliphatic rings. The molecule has 0 unspecified atom stereocenters. The summed E-state index contributed by atoms with van der Waals surface area (Å²) in [5, 5.41) is 20.0. The molecule has 0 amide bonds. The fourth-order valence-corrected chi connectivity index (χ4v) is 2.65. The normalized spacial score (nSPS) is 13.9. The molecule has 0 atom stereocenters. The van der Waals surface area contributed by atoms with Crippen LogP contribution in [0.5, 0.6) is 0 Å². The zero-order valence-corrected chi connectivity index (χ0v) is 15.0. The monoisotopic (exact) mass is 444 g/mol. The van der Waals surface area contributed by atoms with Gasteiger partial charge in [0.05, 0.1) is 16.7 Å². The van der Waals surface area contributed by atoms with E-state index in [1.165, 1.54) is 6.92 Å². The lowest BCUT2D eigenvalue weighted by Gasteiger charge is -2.15. The number of aliphatic hydroxyl groups is 2. The Hall–Kier alpha value is -2.85. The lowest BCUT2D eigenvalue weighted by Crippen LogP contribution is -2.12. The third-order valence-corrected chi connectivity index (χ3v) is 3.97. The summed E-state index contributed by atoms with van der Waals surface area (Å²) in [6, 6.07) is 2.89. The minimum Gasteiger partial charge on any atom is -0.508 e. The van der Waals surface area contributed by atoms with E-state index in [0.29, 0.717) is 18.2 Å². The van der Waals surface area contributed by atoms with Gasteiger partial charge >= 0.3 is 18.5 Å². The first kappa shape index (κ1) is 23.4. The van der Waals surface area contributed by atoms with Crippen molar-refractivity contribution in [1.82, 2.24) is 0 Å². The lowest BCUT2D eigenvalue weighted by molar-refractivity contribution is -0.143. The average Bonchev–Trinajstić information content (AvgIpc) is 2.58. The molecule has 0 aliphatic carbocycles. The van der Waals surface area contributed by atoms with Crippen molar-refractivity contribution >= 4 is 5.76 Å². The zero-order chi connectivity index (χ0) is 23.1. The lowest BCUT2D eigenvalue weighted by atomic mass is 9.99. The van der Waals surface area contributed by atoms with Crippen LogP contribution in [0.25, 0.3) is 5.76 Å². The summed E-state index contributed by atoms with van der Waals surface area (Å²) in [7, 11) is 0. The molecule has 30 heavy (non-hydrogen) atoms. The third-order valence-electron chi connectivity index (χ3n) is 3.97. The van der Waals surface area contributed by atoms with Gasteiger partial charge in [-0.2, -0.15) is 39.5 Å². The Kier molecular flexibility index (Phi) is 6.07. The molecule has 2 aromatic carbocycles. The topological polar surface area (TPSA) is 40.5 Å². The Morgan fingerprint density at radius 3 is 1.53 bits per heavy atom. The minimum atomic E-state index is -5.12. The van der Waals surface area contributed by atoms with Crippen molar-refractivity contribution in [3.8, 4) is 0 Å². The second kappa shape index (κ2) is 7.77. The largest absolute Gasteiger partial charge is 0.508 e. The van der Waals surface area contributed by atoms with Gasteiger partial charge < -0.3 is 10.2 Å². The van der Waals surface area contributed by atoms with E-state index in [1.807, 2.05) is 0 Å². The van der Waals surface area contributed by atoms with E-state index in [-0.39, 0.29) is 11.6 Å². The van der Waals surface area contributed by atoms with Crippen LogP contribution >= 0.6 is 0 Å². The molecule has 0 saturated carbocycles. The number of benzene rings is 2. The predicted molar refractivity (Wildman–Crippen MR) is 88.5 cm³/mol. The number of aliphatic hydroxyl groups excluding tert-OH is 2. The summed E-state index contributed by atoms with van der Waals surface area (Å²) in [6.07, 6.45) is -16.0. The molecular formula is C19H13F9O2. The van der Waals surface area contributed by atoms with Crippen LogP contribution in [0, 0.1) is 6.92 Å². The van der Waals surface area contributed by atoms with Crippen LogP contribution in [-0.2, 0) is 24.9 Å². The molecule has 11 heteroatoms. The molecule has 0 fully saturated rings. The van der Waals surface area contributed by atoms with Crippen LogP contribution in [0.15, 0.2) is 42.2 Å². The van der Waals surface area contributed by atoms with Gasteiger partial charge in [-0.25, -0.2) is 0 Å². The molecule has 0 heterocycles. The molecule has 0 spiro atoms. The summed E-state index contributed by atoms with van der Waals surface area (Å²) in [6.45, 7) is 1.27. The quantitative estimate of drug-likeness (QED) is 0.392. The van der Waals surface area contributed by atoms with Crippen molar-refractivity contribution in [1.29, 1.82) is 0 Å². The molecule has 0 aliphatic heterocycles. The van der Waals surface area contributed by atoms with Crippen molar-refractivity contribution in [2.75, 3.05) is 0 Å². The van der Waals surface area contributed by atoms with Crippen LogP contribution in [0.4, 0.5) is 39.5 Å². The van der Waals surface area contributed by atoms with Crippen LogP contribution in [0.2, 0.25) is 0 Å². The van der Waals surface area contributed by atoms with E-state index < -0.39 is 64.3 Å². The summed E-state index contributed by atoms with van der Waals surface area (Å²) in [5.41, 5.74) is -5.51. The molecule has 0 bridgehead atoms. The second-order valence-corrected chi connectivity index (χ2v) is 6.47. The molecule has 0 aromatic heterocycles. The van der Waals surface area contributed by atoms with Crippen LogP contribution < -0.4 is 0 Å². The Morgan fingerprint density at radius 2 is 1.10 bits per heavy atom. The van der Waals surface area contributed by atoms with E-state index in [4.69, 9.17) is 0 Å². The van der Waals surface area contributed by atoms with Crippen LogP contribution in [0.1, 0.15) is 33.4 Å². The van der Waals surface area contributed by atoms with Gasteiger partial charge in [0.15, 0.2) is 5.76 Å². The van der Waals surface area contributed by atoms with Crippen molar-refractivity contribution in [3.05, 3.63) is 75.5 Å². The van der Waals surface area contributed by atoms with Gasteiger partial charge in [-0.15, -0.1) is 0 Å². The van der Waals surface area contributed by atoms with Gasteiger partial charge in [0.2, 0.25) is 0 Å². The number of aryl methyl sites for hydroxylation is 1. The molecule has 2 rings (SSSR count). The van der Waals surface area contributed by atoms with Crippen molar-refractivity contribution in [2.24, 2.45) is 0 Å². The fourth-order valence-electron chi connectivity index (χ4n) is 2.65. The third kappa shape index (κ3) is 5.61. The van der Waals surface area contributed by atoms with Crippen molar-refractivity contribution in [3.63, 3.8) is 0 Å². The van der Waals surface area contributed by atoms with E-state index >= 15 is 0 Å². The van der Waals surface area contributed by atoms with Gasteiger partial charge in [0.25, 0.3) is 0 Å².